The summed E-state index contributed by atoms with van der Waals surface area (Å²) < 4.78 is 7.48. The molecule has 1 aliphatic heterocycles. The molecule has 1 aromatic heterocycles. The molecule has 5 atom stereocenters. The van der Waals surface area contributed by atoms with E-state index in [0.29, 0.717) is 29.2 Å². The molecule has 482 valence electrons. The number of anilines is 3. The van der Waals surface area contributed by atoms with E-state index in [1.807, 2.05) is 133 Å². The third-order valence-corrected chi connectivity index (χ3v) is 16.2. The molecule has 0 radical (unpaired) electrons. The molecule has 5 aromatic rings. The summed E-state index contributed by atoms with van der Waals surface area (Å²) in [5, 5.41) is 30.3. The van der Waals surface area contributed by atoms with Crippen molar-refractivity contribution in [3.63, 3.8) is 0 Å². The number of likely N-dealkylation sites (N-methyl/N-ethyl adjacent to an activating group) is 2. The largest absolute Gasteiger partial charge is 0.478 e. The van der Waals surface area contributed by atoms with Gasteiger partial charge >= 0.3 is 18.1 Å². The van der Waals surface area contributed by atoms with Gasteiger partial charge in [-0.15, -0.1) is 0 Å². The number of urea groups is 1. The molecular formula is C68H89N11O11. The molecule has 1 unspecified atom stereocenters. The van der Waals surface area contributed by atoms with E-state index >= 15 is 0 Å². The number of carboxylic acids is 1. The van der Waals surface area contributed by atoms with Crippen molar-refractivity contribution in [2.24, 2.45) is 30.0 Å². The third kappa shape index (κ3) is 18.2. The first-order valence-corrected chi connectivity index (χ1v) is 30.3. The fourth-order valence-corrected chi connectivity index (χ4v) is 11.0. The fourth-order valence-electron chi connectivity index (χ4n) is 11.0. The highest BCUT2D eigenvalue weighted by Crippen LogP contribution is 2.37. The number of para-hydroxylation sites is 1. The maximum Gasteiger partial charge on any atom is 0.411 e. The lowest BCUT2D eigenvalue weighted by atomic mass is 9.76. The Balaban J connectivity index is 1.05. The Hall–Kier alpha value is -9.31. The standard InChI is InChI=1S/C68H89N11O11/c1-40(2)53(35-42(5)64(86)87)78(13)63(85)59(67(6,7)8)76-62(84)58(70-11)68(9,10)50-38-77(12)54-36-48(30-31-49(50)54)73-66(89)90-39-43-24-28-47(29-25-43)72-60(82)51(22-18-34-71-65(69)88)74-61(83)57(41(3)4)75-55(80)32-33-56(81)79-37-46-21-15-14-19-44(46)26-27-45-20-16-17-23-52(45)79/h14-17,19-21,23-31,35-36,38,40-41,51,53,57-59,70H,18,22,32-34,37,39H2,1-13H3,(H,72,82)(H,73,89)(H,74,83)(H,75,80)(H,76,84)(H,86,87)(H3,69,71,88)/b27-26-,42-35+/t51-,53+,57-,58?,59+/m0/s1. The van der Waals surface area contributed by atoms with E-state index in [4.69, 9.17) is 10.5 Å². The van der Waals surface area contributed by atoms with Crippen molar-refractivity contribution in [1.82, 2.24) is 36.1 Å². The number of ether oxygens (including phenoxy) is 1. The predicted octanol–water partition coefficient (Wildman–Crippen LogP) is 8.35. The second kappa shape index (κ2) is 30.7. The Kier molecular flexibility index (Phi) is 23.8. The highest BCUT2D eigenvalue weighted by Gasteiger charge is 2.43. The van der Waals surface area contributed by atoms with Gasteiger partial charge in [0.15, 0.2) is 0 Å². The summed E-state index contributed by atoms with van der Waals surface area (Å²) >= 11 is 0. The molecular weight excluding hydrogens is 1150 g/mol. The molecule has 10 N–H and O–H groups in total. The normalized spacial score (nSPS) is 14.5. The minimum atomic E-state index is -1.11. The molecule has 2 heterocycles. The highest BCUT2D eigenvalue weighted by atomic mass is 16.5. The number of hydrogen-bond acceptors (Lipinski definition) is 11. The van der Waals surface area contributed by atoms with Crippen molar-refractivity contribution < 1.29 is 53.0 Å². The van der Waals surface area contributed by atoms with Crippen LogP contribution in [0.1, 0.15) is 123 Å². The minimum absolute atomic E-state index is 0.0906. The van der Waals surface area contributed by atoms with Gasteiger partial charge in [-0.1, -0.05) is 141 Å². The SMILES string of the molecule is CNC(C(=O)N[C@H](C(=O)N(C)[C@H](/C=C(\C)C(=O)O)C(C)C)C(C)(C)C)C(C)(C)c1cn(C)c2cc(NC(=O)OCc3ccc(NC(=O)[C@H](CCCNC(N)=O)NC(=O)[C@@H](NC(=O)CCC(=O)N4Cc5ccccc5/C=C\c5ccccc54)C(C)C)cc3)ccc12. The van der Waals surface area contributed by atoms with Crippen LogP contribution in [0.3, 0.4) is 0 Å². The number of aliphatic carboxylic acids is 1. The van der Waals surface area contributed by atoms with Gasteiger partial charge in [-0.05, 0) is 102 Å². The summed E-state index contributed by atoms with van der Waals surface area (Å²) in [4.78, 5) is 123. The Morgan fingerprint density at radius 2 is 1.40 bits per heavy atom. The summed E-state index contributed by atoms with van der Waals surface area (Å²) in [6.45, 7) is 18.5. The number of hydrogen-bond donors (Lipinski definition) is 9. The zero-order valence-corrected chi connectivity index (χ0v) is 53.9. The predicted molar refractivity (Wildman–Crippen MR) is 350 cm³/mol. The second-order valence-electron chi connectivity index (χ2n) is 25.2. The van der Waals surface area contributed by atoms with Crippen LogP contribution in [-0.4, -0.2) is 119 Å². The van der Waals surface area contributed by atoms with E-state index in [9.17, 15) is 48.3 Å². The van der Waals surface area contributed by atoms with Crippen molar-refractivity contribution in [1.29, 1.82) is 0 Å². The van der Waals surface area contributed by atoms with Gasteiger partial charge in [0.25, 0.3) is 0 Å². The summed E-state index contributed by atoms with van der Waals surface area (Å²) in [6, 6.07) is 22.0. The van der Waals surface area contributed by atoms with Crippen LogP contribution in [0.2, 0.25) is 0 Å². The number of carbonyl (C=O) groups is 9. The van der Waals surface area contributed by atoms with Crippen LogP contribution in [0.4, 0.5) is 26.7 Å². The molecule has 0 spiro atoms. The third-order valence-electron chi connectivity index (χ3n) is 16.2. The number of carbonyl (C=O) groups excluding carboxylic acids is 8. The Morgan fingerprint density at radius 3 is 2.03 bits per heavy atom. The van der Waals surface area contributed by atoms with Gasteiger partial charge in [0.2, 0.25) is 35.4 Å². The molecule has 0 saturated carbocycles. The fraction of sp³-hybridized carbons (Fsp3) is 0.426. The molecule has 0 fully saturated rings. The van der Waals surface area contributed by atoms with Crippen LogP contribution in [0, 0.1) is 17.3 Å². The van der Waals surface area contributed by atoms with Gasteiger partial charge < -0.3 is 61.8 Å². The summed E-state index contributed by atoms with van der Waals surface area (Å²) in [5.74, 6) is -4.36. The van der Waals surface area contributed by atoms with Crippen molar-refractivity contribution in [2.75, 3.05) is 36.2 Å². The van der Waals surface area contributed by atoms with Gasteiger partial charge in [0, 0.05) is 67.4 Å². The summed E-state index contributed by atoms with van der Waals surface area (Å²) in [7, 11) is 5.16. The van der Waals surface area contributed by atoms with E-state index in [-0.39, 0.29) is 62.1 Å². The lowest BCUT2D eigenvalue weighted by molar-refractivity contribution is -0.141. The first-order valence-electron chi connectivity index (χ1n) is 30.3. The first-order chi connectivity index (χ1) is 42.4. The number of amides is 9. The minimum Gasteiger partial charge on any atom is -0.478 e. The average molecular weight is 1240 g/mol. The van der Waals surface area contributed by atoms with Crippen molar-refractivity contribution in [2.45, 2.75) is 144 Å². The number of rotatable bonds is 26. The van der Waals surface area contributed by atoms with E-state index in [1.54, 1.807) is 75.3 Å². The molecule has 6 rings (SSSR count). The smallest absolute Gasteiger partial charge is 0.411 e. The molecule has 22 heteroatoms. The van der Waals surface area contributed by atoms with E-state index < -0.39 is 88.7 Å². The highest BCUT2D eigenvalue weighted by molar-refractivity contribution is 6.01. The Morgan fingerprint density at radius 1 is 0.756 bits per heavy atom. The number of aromatic nitrogens is 1. The number of carboxylic acid groups (broad SMARTS) is 1. The van der Waals surface area contributed by atoms with Crippen molar-refractivity contribution >= 4 is 93.7 Å². The van der Waals surface area contributed by atoms with Gasteiger partial charge in [0.1, 0.15) is 24.7 Å². The molecule has 1 aliphatic rings. The number of aryl methyl sites for hydroxylation is 1. The molecule has 0 aliphatic carbocycles. The molecule has 4 aromatic carbocycles. The maximum absolute atomic E-state index is 14.4. The Labute approximate surface area is 527 Å². The van der Waals surface area contributed by atoms with E-state index in [2.05, 4.69) is 37.2 Å². The maximum atomic E-state index is 14.4. The zero-order valence-electron chi connectivity index (χ0n) is 53.9. The van der Waals surface area contributed by atoms with Gasteiger partial charge in [0.05, 0.1) is 29.8 Å². The lowest BCUT2D eigenvalue weighted by Gasteiger charge is -2.39. The molecule has 22 nitrogen and oxygen atoms in total. The monoisotopic (exact) mass is 1240 g/mol. The van der Waals surface area contributed by atoms with Crippen LogP contribution in [0.15, 0.2) is 109 Å². The molecule has 0 saturated heterocycles. The van der Waals surface area contributed by atoms with Gasteiger partial charge in [-0.25, -0.2) is 14.4 Å². The van der Waals surface area contributed by atoms with Crippen LogP contribution in [0.5, 0.6) is 0 Å². The first kappa shape index (κ1) is 69.8. The topological polar surface area (TPSA) is 305 Å². The number of primary amides is 1. The average Bonchev–Trinajstić information content (AvgIpc) is 1.57. The van der Waals surface area contributed by atoms with E-state index in [0.717, 1.165) is 33.2 Å². The number of nitrogens with zero attached hydrogens (tertiary/aromatic N) is 3. The van der Waals surface area contributed by atoms with Crippen LogP contribution in [-0.2, 0) is 63.9 Å². The number of fused-ring (bicyclic) bond motifs is 3. The van der Waals surface area contributed by atoms with Crippen LogP contribution < -0.4 is 47.9 Å². The number of benzene rings is 4. The van der Waals surface area contributed by atoms with E-state index in [1.165, 1.54) is 11.8 Å². The van der Waals surface area contributed by atoms with Crippen molar-refractivity contribution in [3.05, 3.63) is 137 Å². The summed E-state index contributed by atoms with van der Waals surface area (Å²) in [5.41, 5.74) is 10.3. The quantitative estimate of drug-likeness (QED) is 0.0186. The second-order valence-corrected chi connectivity index (χ2v) is 25.2. The van der Waals surface area contributed by atoms with Gasteiger partial charge in [-0.3, -0.25) is 34.1 Å². The lowest BCUT2D eigenvalue weighted by Crippen LogP contribution is -2.61. The summed E-state index contributed by atoms with van der Waals surface area (Å²) in [6.07, 6.45) is 6.76. The number of nitrogens with two attached hydrogens (primary N) is 1. The van der Waals surface area contributed by atoms with Crippen molar-refractivity contribution in [3.8, 4) is 0 Å². The molecule has 9 amide bonds. The van der Waals surface area contributed by atoms with Gasteiger partial charge in [-0.2, -0.15) is 0 Å². The Bertz CT molecular complexity index is 3510. The zero-order chi connectivity index (χ0) is 66.4. The molecule has 0 bridgehead atoms. The molecule has 90 heavy (non-hydrogen) atoms. The number of nitrogens with one attached hydrogen (secondary N) is 7. The van der Waals surface area contributed by atoms with Crippen LogP contribution >= 0.6 is 0 Å². The van der Waals surface area contributed by atoms with Crippen LogP contribution in [0.25, 0.3) is 23.1 Å².